The first kappa shape index (κ1) is 20.9. The molecule has 29 heavy (non-hydrogen) atoms. The number of piperazine rings is 1. The van der Waals surface area contributed by atoms with Crippen LogP contribution in [0.15, 0.2) is 48.5 Å². The summed E-state index contributed by atoms with van der Waals surface area (Å²) < 4.78 is 26.7. The zero-order chi connectivity index (χ0) is 20.8. The summed E-state index contributed by atoms with van der Waals surface area (Å²) in [5.74, 6) is -2.17. The lowest BCUT2D eigenvalue weighted by atomic mass is 10.1. The molecule has 1 unspecified atom stereocenters. The van der Waals surface area contributed by atoms with Gasteiger partial charge in [0.15, 0.2) is 11.6 Å². The Morgan fingerprint density at radius 1 is 1.14 bits per heavy atom. The minimum Gasteiger partial charge on any atom is -0.353 e. The topological polar surface area (TPSA) is 52.7 Å². The van der Waals surface area contributed by atoms with Crippen LogP contribution in [0.5, 0.6) is 0 Å². The van der Waals surface area contributed by atoms with Gasteiger partial charge in [-0.25, -0.2) is 8.78 Å². The third-order valence-electron chi connectivity index (χ3n) is 5.18. The number of likely N-dealkylation sites (N-methyl/N-ethyl adjacent to an activating group) is 1. The molecule has 5 nitrogen and oxygen atoms in total. The van der Waals surface area contributed by atoms with Crippen LogP contribution in [0.3, 0.4) is 0 Å². The number of amides is 2. The van der Waals surface area contributed by atoms with E-state index in [9.17, 15) is 18.4 Å². The van der Waals surface area contributed by atoms with E-state index in [-0.39, 0.29) is 24.8 Å². The van der Waals surface area contributed by atoms with Crippen LogP contribution in [0.2, 0.25) is 0 Å². The molecule has 3 rings (SSSR count). The fraction of sp³-hybridized carbons (Fsp3) is 0.364. The quantitative estimate of drug-likeness (QED) is 0.775. The normalized spacial score (nSPS) is 17.1. The van der Waals surface area contributed by atoms with Gasteiger partial charge in [-0.05, 0) is 29.7 Å². The van der Waals surface area contributed by atoms with E-state index < -0.39 is 17.7 Å². The highest BCUT2D eigenvalue weighted by Gasteiger charge is 2.32. The van der Waals surface area contributed by atoms with Gasteiger partial charge < -0.3 is 10.2 Å². The van der Waals surface area contributed by atoms with Crippen molar-refractivity contribution in [2.24, 2.45) is 0 Å². The maximum absolute atomic E-state index is 13.5. The van der Waals surface area contributed by atoms with Gasteiger partial charge in [0.25, 0.3) is 0 Å². The highest BCUT2D eigenvalue weighted by atomic mass is 19.2. The van der Waals surface area contributed by atoms with Crippen LogP contribution in [0.4, 0.5) is 8.78 Å². The molecule has 1 fully saturated rings. The van der Waals surface area contributed by atoms with E-state index >= 15 is 0 Å². The lowest BCUT2D eigenvalue weighted by molar-refractivity contribution is -0.138. The second kappa shape index (κ2) is 9.60. The number of hydrogen-bond donors (Lipinski definition) is 1. The van der Waals surface area contributed by atoms with E-state index in [4.69, 9.17) is 0 Å². The van der Waals surface area contributed by atoms with Crippen molar-refractivity contribution in [2.45, 2.75) is 25.4 Å². The number of carbonyl (C=O) groups is 2. The van der Waals surface area contributed by atoms with Crippen molar-refractivity contribution in [3.8, 4) is 0 Å². The Morgan fingerprint density at radius 2 is 1.90 bits per heavy atom. The van der Waals surface area contributed by atoms with Crippen LogP contribution < -0.4 is 5.32 Å². The lowest BCUT2D eigenvalue weighted by Gasteiger charge is -2.35. The molecule has 1 aliphatic rings. The third-order valence-corrected chi connectivity index (χ3v) is 5.18. The van der Waals surface area contributed by atoms with Crippen LogP contribution >= 0.6 is 0 Å². The summed E-state index contributed by atoms with van der Waals surface area (Å²) in [5.41, 5.74) is 1.70. The molecule has 154 valence electrons. The third kappa shape index (κ3) is 5.60. The predicted molar refractivity (Wildman–Crippen MR) is 106 cm³/mol. The SMILES string of the molecule is CN(CCc1ccccc1)C(=O)CC1C(=O)NCCN1Cc1ccc(F)c(F)c1. The highest BCUT2D eigenvalue weighted by Crippen LogP contribution is 2.17. The first-order valence-corrected chi connectivity index (χ1v) is 9.67. The van der Waals surface area contributed by atoms with Crippen LogP contribution in [0.1, 0.15) is 17.5 Å². The van der Waals surface area contributed by atoms with E-state index in [0.717, 1.165) is 24.1 Å². The molecule has 7 heteroatoms. The van der Waals surface area contributed by atoms with E-state index in [1.165, 1.54) is 6.07 Å². The van der Waals surface area contributed by atoms with Gasteiger partial charge in [0.05, 0.1) is 12.5 Å². The van der Waals surface area contributed by atoms with Gasteiger partial charge in [-0.3, -0.25) is 14.5 Å². The number of carbonyl (C=O) groups excluding carboxylic acids is 2. The standard InChI is InChI=1S/C22H25F2N3O2/c1-26(11-9-16-5-3-2-4-6-16)21(28)14-20-22(29)25-10-12-27(20)15-17-7-8-18(23)19(24)13-17/h2-8,13,20H,9-12,14-15H2,1H3,(H,25,29). The van der Waals surface area contributed by atoms with Gasteiger partial charge in [-0.15, -0.1) is 0 Å². The van der Waals surface area contributed by atoms with Crippen molar-refractivity contribution in [1.29, 1.82) is 0 Å². The Balaban J connectivity index is 1.61. The van der Waals surface area contributed by atoms with E-state index in [2.05, 4.69) is 5.32 Å². The van der Waals surface area contributed by atoms with Gasteiger partial charge in [0.2, 0.25) is 11.8 Å². The Labute approximate surface area is 169 Å². The molecular weight excluding hydrogens is 376 g/mol. The fourth-order valence-corrected chi connectivity index (χ4v) is 3.43. The van der Waals surface area contributed by atoms with Crippen molar-refractivity contribution < 1.29 is 18.4 Å². The summed E-state index contributed by atoms with van der Waals surface area (Å²) >= 11 is 0. The molecule has 2 aromatic carbocycles. The fourth-order valence-electron chi connectivity index (χ4n) is 3.43. The van der Waals surface area contributed by atoms with Gasteiger partial charge in [-0.2, -0.15) is 0 Å². The van der Waals surface area contributed by atoms with Crippen molar-refractivity contribution in [3.05, 3.63) is 71.3 Å². The number of rotatable bonds is 7. The molecule has 0 spiro atoms. The number of nitrogens with one attached hydrogen (secondary N) is 1. The molecule has 1 aliphatic heterocycles. The van der Waals surface area contributed by atoms with E-state index in [1.807, 2.05) is 35.2 Å². The lowest BCUT2D eigenvalue weighted by Crippen LogP contribution is -2.56. The minimum atomic E-state index is -0.919. The molecule has 0 aromatic heterocycles. The monoisotopic (exact) mass is 401 g/mol. The molecule has 0 radical (unpaired) electrons. The number of benzene rings is 2. The average Bonchev–Trinajstić information content (AvgIpc) is 2.72. The Morgan fingerprint density at radius 3 is 2.62 bits per heavy atom. The van der Waals surface area contributed by atoms with Gasteiger partial charge in [0, 0.05) is 33.2 Å². The second-order valence-corrected chi connectivity index (χ2v) is 7.28. The molecule has 0 saturated carbocycles. The van der Waals surface area contributed by atoms with Gasteiger partial charge in [-0.1, -0.05) is 36.4 Å². The zero-order valence-electron chi connectivity index (χ0n) is 16.4. The highest BCUT2D eigenvalue weighted by molar-refractivity contribution is 5.88. The van der Waals surface area contributed by atoms with Gasteiger partial charge >= 0.3 is 0 Å². The zero-order valence-corrected chi connectivity index (χ0v) is 16.4. The molecule has 1 N–H and O–H groups in total. The number of halogens is 2. The van der Waals surface area contributed by atoms with Crippen molar-refractivity contribution >= 4 is 11.8 Å². The largest absolute Gasteiger partial charge is 0.353 e. The number of nitrogens with zero attached hydrogens (tertiary/aromatic N) is 2. The summed E-state index contributed by atoms with van der Waals surface area (Å²) in [6.07, 6.45) is 0.777. The van der Waals surface area contributed by atoms with Crippen LogP contribution in [0, 0.1) is 11.6 Å². The smallest absolute Gasteiger partial charge is 0.237 e. The molecular formula is C22H25F2N3O2. The molecule has 0 bridgehead atoms. The van der Waals surface area contributed by atoms with Crippen molar-refractivity contribution in [2.75, 3.05) is 26.7 Å². The minimum absolute atomic E-state index is 0.0425. The van der Waals surface area contributed by atoms with Crippen LogP contribution in [0.25, 0.3) is 0 Å². The predicted octanol–water partition coefficient (Wildman–Crippen LogP) is 2.36. The number of hydrogen-bond acceptors (Lipinski definition) is 3. The van der Waals surface area contributed by atoms with Crippen molar-refractivity contribution in [1.82, 2.24) is 15.1 Å². The second-order valence-electron chi connectivity index (χ2n) is 7.28. The summed E-state index contributed by atoms with van der Waals surface area (Å²) in [6.45, 7) is 1.82. The van der Waals surface area contributed by atoms with E-state index in [1.54, 1.807) is 11.9 Å². The summed E-state index contributed by atoms with van der Waals surface area (Å²) in [6, 6.07) is 13.0. The van der Waals surface area contributed by atoms with Crippen LogP contribution in [-0.4, -0.2) is 54.3 Å². The first-order chi connectivity index (χ1) is 13.9. The van der Waals surface area contributed by atoms with Crippen molar-refractivity contribution in [3.63, 3.8) is 0 Å². The Kier molecular flexibility index (Phi) is 6.93. The maximum atomic E-state index is 13.5. The molecule has 1 atom stereocenters. The molecule has 2 aromatic rings. The van der Waals surface area contributed by atoms with Gasteiger partial charge in [0.1, 0.15) is 0 Å². The molecule has 2 amide bonds. The summed E-state index contributed by atoms with van der Waals surface area (Å²) in [4.78, 5) is 28.6. The summed E-state index contributed by atoms with van der Waals surface area (Å²) in [5, 5.41) is 2.79. The average molecular weight is 401 g/mol. The van der Waals surface area contributed by atoms with Crippen LogP contribution in [-0.2, 0) is 22.6 Å². The first-order valence-electron chi connectivity index (χ1n) is 9.67. The Bertz CT molecular complexity index is 860. The van der Waals surface area contributed by atoms with E-state index in [0.29, 0.717) is 25.2 Å². The summed E-state index contributed by atoms with van der Waals surface area (Å²) in [7, 11) is 1.73. The molecule has 1 saturated heterocycles. The Hall–Kier alpha value is -2.80. The molecule has 0 aliphatic carbocycles. The maximum Gasteiger partial charge on any atom is 0.237 e. The molecule has 1 heterocycles.